The van der Waals surface area contributed by atoms with Crippen LogP contribution in [0.5, 0.6) is 5.75 Å². The van der Waals surface area contributed by atoms with E-state index in [2.05, 4.69) is 10.2 Å². The molecule has 2 aromatic carbocycles. The van der Waals surface area contributed by atoms with Crippen LogP contribution in [-0.4, -0.2) is 32.5 Å². The number of ether oxygens (including phenoxy) is 1. The molecule has 0 saturated heterocycles. The van der Waals surface area contributed by atoms with Crippen molar-refractivity contribution in [3.05, 3.63) is 58.4 Å². The number of hydrogen-bond donors (Lipinski definition) is 0. The molecule has 126 valence electrons. The van der Waals surface area contributed by atoms with Crippen LogP contribution in [-0.2, 0) is 0 Å². The molecule has 4 aromatic rings. The van der Waals surface area contributed by atoms with Gasteiger partial charge in [0.05, 0.1) is 23.7 Å². The Balaban J connectivity index is 2.25. The molecule has 0 aliphatic carbocycles. The van der Waals surface area contributed by atoms with E-state index in [0.717, 1.165) is 16.2 Å². The van der Waals surface area contributed by atoms with Crippen molar-refractivity contribution >= 4 is 28.4 Å². The predicted octanol–water partition coefficient (Wildman–Crippen LogP) is 3.07. The van der Waals surface area contributed by atoms with E-state index in [0.29, 0.717) is 22.6 Å². The van der Waals surface area contributed by atoms with Crippen molar-refractivity contribution in [2.75, 3.05) is 13.4 Å². The van der Waals surface area contributed by atoms with Crippen LogP contribution >= 0.6 is 11.8 Å². The van der Waals surface area contributed by atoms with E-state index in [1.165, 1.54) is 11.8 Å². The predicted molar refractivity (Wildman–Crippen MR) is 99.2 cm³/mol. The number of aryl methyl sites for hydroxylation is 1. The number of rotatable bonds is 3. The van der Waals surface area contributed by atoms with Gasteiger partial charge in [-0.05, 0) is 43.0 Å². The second-order valence-corrected chi connectivity index (χ2v) is 6.43. The summed E-state index contributed by atoms with van der Waals surface area (Å²) in [5.41, 5.74) is 2.33. The van der Waals surface area contributed by atoms with E-state index >= 15 is 0 Å². The summed E-state index contributed by atoms with van der Waals surface area (Å²) in [6.45, 7) is 1.98. The highest BCUT2D eigenvalue weighted by molar-refractivity contribution is 7.98. The number of methoxy groups -OCH3 is 1. The lowest BCUT2D eigenvalue weighted by atomic mass is 10.2. The lowest BCUT2D eigenvalue weighted by Gasteiger charge is -2.14. The molecule has 0 N–H and O–H groups in total. The maximum atomic E-state index is 13.2. The zero-order valence-corrected chi connectivity index (χ0v) is 14.9. The van der Waals surface area contributed by atoms with Crippen molar-refractivity contribution in [1.82, 2.24) is 19.2 Å². The first-order chi connectivity index (χ1) is 12.2. The Morgan fingerprint density at radius 2 is 1.92 bits per heavy atom. The Morgan fingerprint density at radius 1 is 1.12 bits per heavy atom. The third-order valence-corrected chi connectivity index (χ3v) is 4.78. The van der Waals surface area contributed by atoms with Crippen LogP contribution in [0.3, 0.4) is 0 Å². The molecule has 7 heteroatoms. The smallest absolute Gasteiger partial charge is 0.267 e. The van der Waals surface area contributed by atoms with Gasteiger partial charge in [0.2, 0.25) is 5.78 Å². The Kier molecular flexibility index (Phi) is 3.73. The number of fused-ring (bicyclic) bond motifs is 3. The normalized spacial score (nSPS) is 11.3. The third kappa shape index (κ3) is 2.31. The van der Waals surface area contributed by atoms with Crippen LogP contribution < -0.4 is 10.3 Å². The van der Waals surface area contributed by atoms with Crippen LogP contribution in [0.2, 0.25) is 0 Å². The molecule has 2 heterocycles. The lowest BCUT2D eigenvalue weighted by molar-refractivity contribution is 0.412. The molecule has 25 heavy (non-hydrogen) atoms. The summed E-state index contributed by atoms with van der Waals surface area (Å²) in [5, 5.41) is 9.86. The van der Waals surface area contributed by atoms with Gasteiger partial charge in [-0.3, -0.25) is 9.20 Å². The maximum Gasteiger partial charge on any atom is 0.267 e. The Labute approximate surface area is 148 Å². The second-order valence-electron chi connectivity index (χ2n) is 5.66. The van der Waals surface area contributed by atoms with Gasteiger partial charge in [0.25, 0.3) is 5.56 Å². The van der Waals surface area contributed by atoms with Gasteiger partial charge in [-0.1, -0.05) is 30.0 Å². The van der Waals surface area contributed by atoms with Gasteiger partial charge in [0.1, 0.15) is 5.75 Å². The third-order valence-electron chi connectivity index (χ3n) is 4.15. The van der Waals surface area contributed by atoms with Crippen molar-refractivity contribution in [3.63, 3.8) is 0 Å². The van der Waals surface area contributed by atoms with Crippen molar-refractivity contribution < 1.29 is 4.74 Å². The van der Waals surface area contributed by atoms with E-state index in [1.807, 2.05) is 60.0 Å². The lowest BCUT2D eigenvalue weighted by Crippen LogP contribution is -2.22. The van der Waals surface area contributed by atoms with Crippen LogP contribution in [0.15, 0.2) is 52.4 Å². The molecule has 0 saturated carbocycles. The zero-order valence-electron chi connectivity index (χ0n) is 14.1. The molecule has 4 rings (SSSR count). The molecule has 0 unspecified atom stereocenters. The zero-order chi connectivity index (χ0) is 17.6. The molecule has 0 aliphatic rings. The average Bonchev–Trinajstić information content (AvgIpc) is 3.06. The van der Waals surface area contributed by atoms with E-state index in [-0.39, 0.29) is 5.56 Å². The monoisotopic (exact) mass is 352 g/mol. The summed E-state index contributed by atoms with van der Waals surface area (Å²) < 4.78 is 8.96. The van der Waals surface area contributed by atoms with Crippen molar-refractivity contribution in [2.45, 2.75) is 12.1 Å². The molecule has 0 radical (unpaired) electrons. The molecule has 0 aliphatic heterocycles. The van der Waals surface area contributed by atoms with Gasteiger partial charge in [-0.25, -0.2) is 4.57 Å². The Morgan fingerprint density at radius 3 is 2.68 bits per heavy atom. The molecule has 0 amide bonds. The average molecular weight is 352 g/mol. The largest absolute Gasteiger partial charge is 0.495 e. The minimum absolute atomic E-state index is 0.146. The van der Waals surface area contributed by atoms with Crippen molar-refractivity contribution in [2.24, 2.45) is 0 Å². The first kappa shape index (κ1) is 15.7. The number of para-hydroxylation sites is 1. The van der Waals surface area contributed by atoms with Gasteiger partial charge in [-0.2, -0.15) is 0 Å². The Hall–Kier alpha value is -2.80. The van der Waals surface area contributed by atoms with Crippen LogP contribution in [0.1, 0.15) is 5.56 Å². The standard InChI is InChI=1S/C18H16N4O2S/c1-11-8-9-15(24-2)14(10-11)21-16(23)12-6-4-5-7-13(12)22-17(21)19-20-18(22)25-3/h4-10H,1-3H3. The summed E-state index contributed by atoms with van der Waals surface area (Å²) in [7, 11) is 1.59. The fraction of sp³-hybridized carbons (Fsp3) is 0.167. The minimum atomic E-state index is -0.146. The van der Waals surface area contributed by atoms with E-state index in [9.17, 15) is 4.79 Å². The topological polar surface area (TPSA) is 61.4 Å². The van der Waals surface area contributed by atoms with Crippen LogP contribution in [0.4, 0.5) is 0 Å². The van der Waals surface area contributed by atoms with E-state index in [1.54, 1.807) is 11.7 Å². The summed E-state index contributed by atoms with van der Waals surface area (Å²) >= 11 is 1.49. The first-order valence-electron chi connectivity index (χ1n) is 7.73. The molecular formula is C18H16N4O2S. The molecule has 0 bridgehead atoms. The number of hydrogen-bond acceptors (Lipinski definition) is 5. The fourth-order valence-corrected chi connectivity index (χ4v) is 3.49. The number of nitrogens with zero attached hydrogens (tertiary/aromatic N) is 4. The molecular weight excluding hydrogens is 336 g/mol. The quantitative estimate of drug-likeness (QED) is 0.530. The van der Waals surface area contributed by atoms with Gasteiger partial charge < -0.3 is 4.74 Å². The molecule has 0 atom stereocenters. The highest BCUT2D eigenvalue weighted by atomic mass is 32.2. The van der Waals surface area contributed by atoms with Crippen LogP contribution in [0.25, 0.3) is 22.4 Å². The summed E-state index contributed by atoms with van der Waals surface area (Å²) in [4.78, 5) is 13.2. The van der Waals surface area contributed by atoms with Gasteiger partial charge >= 0.3 is 0 Å². The van der Waals surface area contributed by atoms with Gasteiger partial charge in [-0.15, -0.1) is 10.2 Å². The summed E-state index contributed by atoms with van der Waals surface area (Å²) in [5.74, 6) is 1.08. The van der Waals surface area contributed by atoms with Crippen molar-refractivity contribution in [1.29, 1.82) is 0 Å². The number of aromatic nitrogens is 4. The summed E-state index contributed by atoms with van der Waals surface area (Å²) in [6.07, 6.45) is 1.94. The highest BCUT2D eigenvalue weighted by Gasteiger charge is 2.19. The maximum absolute atomic E-state index is 13.2. The minimum Gasteiger partial charge on any atom is -0.495 e. The molecule has 2 aromatic heterocycles. The van der Waals surface area contributed by atoms with E-state index in [4.69, 9.17) is 4.74 Å². The first-order valence-corrected chi connectivity index (χ1v) is 8.96. The SMILES string of the molecule is COc1ccc(C)cc1-n1c(=O)c2ccccc2n2c(SC)nnc12. The summed E-state index contributed by atoms with van der Waals surface area (Å²) in [6, 6.07) is 13.2. The highest BCUT2D eigenvalue weighted by Crippen LogP contribution is 2.27. The molecule has 0 spiro atoms. The van der Waals surface area contributed by atoms with E-state index < -0.39 is 0 Å². The molecule has 0 fully saturated rings. The Bertz CT molecular complexity index is 1160. The molecule has 6 nitrogen and oxygen atoms in total. The van der Waals surface area contributed by atoms with Gasteiger partial charge in [0.15, 0.2) is 5.16 Å². The van der Waals surface area contributed by atoms with Gasteiger partial charge in [0, 0.05) is 0 Å². The number of thioether (sulfide) groups is 1. The van der Waals surface area contributed by atoms with Crippen LogP contribution in [0, 0.1) is 6.92 Å². The fourth-order valence-electron chi connectivity index (χ4n) is 3.00. The number of benzene rings is 2. The van der Waals surface area contributed by atoms with Crippen molar-refractivity contribution in [3.8, 4) is 11.4 Å². The second kappa shape index (κ2) is 5.93.